The lowest BCUT2D eigenvalue weighted by molar-refractivity contribution is 0.0696. The Bertz CT molecular complexity index is 495. The number of fused-ring (bicyclic) bond motifs is 1. The molecule has 0 saturated carbocycles. The van der Waals surface area contributed by atoms with Gasteiger partial charge in [-0.2, -0.15) is 0 Å². The molecule has 0 bridgehead atoms. The van der Waals surface area contributed by atoms with Crippen molar-refractivity contribution in [1.82, 2.24) is 9.80 Å². The highest BCUT2D eigenvalue weighted by Crippen LogP contribution is 2.23. The Morgan fingerprint density at radius 3 is 2.45 bits per heavy atom. The zero-order valence-electron chi connectivity index (χ0n) is 11.8. The molecule has 0 aliphatic carbocycles. The van der Waals surface area contributed by atoms with Gasteiger partial charge in [-0.15, -0.1) is 0 Å². The molecule has 4 nitrogen and oxygen atoms in total. The monoisotopic (exact) mass is 274 g/mol. The summed E-state index contributed by atoms with van der Waals surface area (Å²) >= 11 is 0. The van der Waals surface area contributed by atoms with Crippen molar-refractivity contribution in [2.45, 2.75) is 32.4 Å². The summed E-state index contributed by atoms with van der Waals surface area (Å²) in [4.78, 5) is 16.0. The maximum atomic E-state index is 11.0. The molecule has 1 fully saturated rings. The van der Waals surface area contributed by atoms with Gasteiger partial charge < -0.3 is 10.0 Å². The average Bonchev–Trinajstić information content (AvgIpc) is 2.88. The summed E-state index contributed by atoms with van der Waals surface area (Å²) in [5.74, 6) is -0.834. The van der Waals surface area contributed by atoms with Crippen LogP contribution in [-0.2, 0) is 13.1 Å². The van der Waals surface area contributed by atoms with Crippen molar-refractivity contribution in [3.8, 4) is 0 Å². The van der Waals surface area contributed by atoms with Gasteiger partial charge >= 0.3 is 5.97 Å². The Balaban J connectivity index is 1.55. The Morgan fingerprint density at radius 1 is 1.00 bits per heavy atom. The molecule has 0 atom stereocenters. The summed E-state index contributed by atoms with van der Waals surface area (Å²) in [6.45, 7) is 6.55. The summed E-state index contributed by atoms with van der Waals surface area (Å²) in [6, 6.07) is 5.52. The van der Waals surface area contributed by atoms with E-state index in [1.807, 2.05) is 12.1 Å². The minimum absolute atomic E-state index is 0.404. The van der Waals surface area contributed by atoms with Crippen molar-refractivity contribution in [3.63, 3.8) is 0 Å². The lowest BCUT2D eigenvalue weighted by Crippen LogP contribution is -2.36. The topological polar surface area (TPSA) is 43.8 Å². The van der Waals surface area contributed by atoms with Crippen LogP contribution in [0.25, 0.3) is 0 Å². The molecule has 1 N–H and O–H groups in total. The molecule has 2 heterocycles. The minimum Gasteiger partial charge on any atom is -0.478 e. The smallest absolute Gasteiger partial charge is 0.335 e. The maximum absolute atomic E-state index is 11.0. The molecule has 0 aromatic heterocycles. The largest absolute Gasteiger partial charge is 0.478 e. The van der Waals surface area contributed by atoms with Crippen LogP contribution in [0.3, 0.4) is 0 Å². The number of carboxylic acids is 1. The number of piperidine rings is 1. The molecule has 20 heavy (non-hydrogen) atoms. The van der Waals surface area contributed by atoms with Crippen LogP contribution in [-0.4, -0.2) is 47.1 Å². The molecule has 108 valence electrons. The molecule has 0 unspecified atom stereocenters. The van der Waals surface area contributed by atoms with E-state index in [4.69, 9.17) is 5.11 Å². The van der Waals surface area contributed by atoms with Crippen molar-refractivity contribution >= 4 is 5.97 Å². The van der Waals surface area contributed by atoms with Crippen molar-refractivity contribution in [2.75, 3.05) is 26.2 Å². The van der Waals surface area contributed by atoms with Crippen molar-refractivity contribution in [3.05, 3.63) is 34.9 Å². The fourth-order valence-corrected chi connectivity index (χ4v) is 3.22. The molecule has 2 aliphatic heterocycles. The van der Waals surface area contributed by atoms with Crippen LogP contribution < -0.4 is 0 Å². The lowest BCUT2D eigenvalue weighted by atomic mass is 10.1. The molecule has 2 aliphatic rings. The number of nitrogens with zero attached hydrogens (tertiary/aromatic N) is 2. The zero-order chi connectivity index (χ0) is 13.9. The van der Waals surface area contributed by atoms with Crippen LogP contribution in [0.5, 0.6) is 0 Å². The van der Waals surface area contributed by atoms with Gasteiger partial charge in [-0.05, 0) is 49.2 Å². The third kappa shape index (κ3) is 3.02. The summed E-state index contributed by atoms with van der Waals surface area (Å²) in [5, 5.41) is 9.04. The Morgan fingerprint density at radius 2 is 1.70 bits per heavy atom. The number of hydrogen-bond acceptors (Lipinski definition) is 3. The molecular formula is C16H22N2O2. The number of carbonyl (C=O) groups is 1. The number of rotatable bonds is 4. The van der Waals surface area contributed by atoms with Crippen LogP contribution in [0.1, 0.15) is 40.7 Å². The van der Waals surface area contributed by atoms with Crippen LogP contribution >= 0.6 is 0 Å². The average molecular weight is 274 g/mol. The summed E-state index contributed by atoms with van der Waals surface area (Å²) in [6.07, 6.45) is 4.05. The Labute approximate surface area is 120 Å². The second-order valence-electron chi connectivity index (χ2n) is 5.90. The van der Waals surface area contributed by atoms with Gasteiger partial charge in [-0.3, -0.25) is 4.90 Å². The van der Waals surface area contributed by atoms with Gasteiger partial charge in [0.1, 0.15) is 0 Å². The van der Waals surface area contributed by atoms with Crippen LogP contribution in [0.4, 0.5) is 0 Å². The van der Waals surface area contributed by atoms with Crippen molar-refractivity contribution in [1.29, 1.82) is 0 Å². The van der Waals surface area contributed by atoms with E-state index in [0.717, 1.165) is 26.2 Å². The highest BCUT2D eigenvalue weighted by atomic mass is 16.4. The first-order chi connectivity index (χ1) is 9.72. The van der Waals surface area contributed by atoms with Gasteiger partial charge in [0.05, 0.1) is 5.56 Å². The predicted octanol–water partition coefficient (Wildman–Crippen LogP) is 2.19. The first-order valence-corrected chi connectivity index (χ1v) is 7.52. The third-order valence-electron chi connectivity index (χ3n) is 4.42. The fourth-order valence-electron chi connectivity index (χ4n) is 3.22. The standard InChI is InChI=1S/C16H22N2O2/c19-16(20)13-4-5-14-11-18(12-15(14)10-13)9-8-17-6-2-1-3-7-17/h4-5,10H,1-3,6-9,11-12H2,(H,19,20). The third-order valence-corrected chi connectivity index (χ3v) is 4.42. The quantitative estimate of drug-likeness (QED) is 0.914. The van der Waals surface area contributed by atoms with E-state index < -0.39 is 5.97 Å². The molecule has 3 rings (SSSR count). The second-order valence-corrected chi connectivity index (χ2v) is 5.90. The summed E-state index contributed by atoms with van der Waals surface area (Å²) < 4.78 is 0. The highest BCUT2D eigenvalue weighted by Gasteiger charge is 2.21. The van der Waals surface area contributed by atoms with Gasteiger partial charge in [0, 0.05) is 26.2 Å². The zero-order valence-corrected chi connectivity index (χ0v) is 11.8. The van der Waals surface area contributed by atoms with E-state index in [1.54, 1.807) is 6.07 Å². The second kappa shape index (κ2) is 5.94. The molecule has 1 saturated heterocycles. The minimum atomic E-state index is -0.834. The summed E-state index contributed by atoms with van der Waals surface area (Å²) in [7, 11) is 0. The fraction of sp³-hybridized carbons (Fsp3) is 0.562. The van der Waals surface area contributed by atoms with E-state index >= 15 is 0 Å². The van der Waals surface area contributed by atoms with Crippen molar-refractivity contribution < 1.29 is 9.90 Å². The number of likely N-dealkylation sites (tertiary alicyclic amines) is 1. The number of aromatic carboxylic acids is 1. The molecule has 4 heteroatoms. The highest BCUT2D eigenvalue weighted by molar-refractivity contribution is 5.87. The van der Waals surface area contributed by atoms with Gasteiger partial charge in [-0.25, -0.2) is 4.79 Å². The van der Waals surface area contributed by atoms with E-state index in [2.05, 4.69) is 9.80 Å². The van der Waals surface area contributed by atoms with Gasteiger partial charge in [0.25, 0.3) is 0 Å². The number of carboxylic acid groups (broad SMARTS) is 1. The van der Waals surface area contributed by atoms with E-state index in [1.165, 1.54) is 43.5 Å². The normalized spacial score (nSPS) is 20.0. The van der Waals surface area contributed by atoms with Crippen molar-refractivity contribution in [2.24, 2.45) is 0 Å². The molecule has 1 aromatic carbocycles. The molecular weight excluding hydrogens is 252 g/mol. The molecule has 0 spiro atoms. The van der Waals surface area contributed by atoms with Gasteiger partial charge in [-0.1, -0.05) is 12.5 Å². The van der Waals surface area contributed by atoms with Gasteiger partial charge in [0.2, 0.25) is 0 Å². The maximum Gasteiger partial charge on any atom is 0.335 e. The lowest BCUT2D eigenvalue weighted by Gasteiger charge is -2.28. The van der Waals surface area contributed by atoms with Crippen LogP contribution in [0, 0.1) is 0 Å². The molecule has 0 radical (unpaired) electrons. The van der Waals surface area contributed by atoms with E-state index in [9.17, 15) is 4.79 Å². The molecule has 1 aromatic rings. The van der Waals surface area contributed by atoms with Gasteiger partial charge in [0.15, 0.2) is 0 Å². The number of benzene rings is 1. The first kappa shape index (κ1) is 13.6. The Kier molecular flexibility index (Phi) is 4.03. The Hall–Kier alpha value is -1.39. The van der Waals surface area contributed by atoms with Crippen LogP contribution in [0.2, 0.25) is 0 Å². The van der Waals surface area contributed by atoms with E-state index in [0.29, 0.717) is 5.56 Å². The number of hydrogen-bond donors (Lipinski definition) is 1. The summed E-state index contributed by atoms with van der Waals surface area (Å²) in [5.41, 5.74) is 2.87. The van der Waals surface area contributed by atoms with E-state index in [-0.39, 0.29) is 0 Å². The SMILES string of the molecule is O=C(O)c1ccc2c(c1)CN(CCN1CCCCC1)C2. The molecule has 0 amide bonds. The first-order valence-electron chi connectivity index (χ1n) is 7.52. The van der Waals surface area contributed by atoms with Crippen LogP contribution in [0.15, 0.2) is 18.2 Å². The predicted molar refractivity (Wildman–Crippen MR) is 77.8 cm³/mol.